The lowest BCUT2D eigenvalue weighted by Crippen LogP contribution is -2.35. The van der Waals surface area contributed by atoms with Crippen LogP contribution in [0.2, 0.25) is 0 Å². The van der Waals surface area contributed by atoms with Crippen LogP contribution in [0.25, 0.3) is 16.7 Å². The first-order valence-corrected chi connectivity index (χ1v) is 9.78. The molecule has 1 saturated heterocycles. The van der Waals surface area contributed by atoms with Crippen molar-refractivity contribution in [2.75, 3.05) is 18.0 Å². The number of fused-ring (bicyclic) bond motifs is 1. The van der Waals surface area contributed by atoms with Crippen LogP contribution in [-0.4, -0.2) is 28.8 Å². The van der Waals surface area contributed by atoms with Gasteiger partial charge in [0.1, 0.15) is 17.5 Å². The zero-order chi connectivity index (χ0) is 19.7. The molecule has 3 aromatic heterocycles. The average molecular weight is 375 g/mol. The monoisotopic (exact) mass is 375 g/mol. The lowest BCUT2D eigenvalue weighted by Gasteiger charge is -2.34. The van der Waals surface area contributed by atoms with Gasteiger partial charge in [-0.1, -0.05) is 13.5 Å². The van der Waals surface area contributed by atoms with E-state index >= 15 is 0 Å². The van der Waals surface area contributed by atoms with Crippen molar-refractivity contribution in [2.45, 2.75) is 33.1 Å². The van der Waals surface area contributed by atoms with Crippen LogP contribution in [0.1, 0.15) is 48.3 Å². The molecule has 1 aliphatic rings. The summed E-state index contributed by atoms with van der Waals surface area (Å²) in [7, 11) is 0. The molecule has 0 amide bonds. The molecule has 1 aliphatic heterocycles. The van der Waals surface area contributed by atoms with Gasteiger partial charge < -0.3 is 9.32 Å². The third-order valence-electron chi connectivity index (χ3n) is 5.39. The number of allylic oxidation sites excluding steroid dienone is 1. The Kier molecular flexibility index (Phi) is 4.99. The van der Waals surface area contributed by atoms with E-state index in [1.807, 2.05) is 19.2 Å². The van der Waals surface area contributed by atoms with Gasteiger partial charge in [0.2, 0.25) is 0 Å². The standard InChI is InChI=1S/C23H25N3O2/c1-15(2)18-14-28-22-7-6-19(25-23(18)22)21(27)11-17-12-24-9-8-20(17)26-10-4-5-16(3)13-26/h6-9,12,14,16H,1,4-5,10-11,13H2,2-3H3/t16-/m0/s1. The molecule has 4 heterocycles. The number of furan rings is 1. The van der Waals surface area contributed by atoms with Crippen molar-refractivity contribution in [3.05, 3.63) is 60.3 Å². The van der Waals surface area contributed by atoms with Gasteiger partial charge in [0, 0.05) is 48.7 Å². The molecule has 28 heavy (non-hydrogen) atoms. The minimum absolute atomic E-state index is 0.0185. The Morgan fingerprint density at radius 3 is 3.00 bits per heavy atom. The number of carbonyl (C=O) groups excluding carboxylic acids is 1. The molecule has 0 radical (unpaired) electrons. The molecule has 5 heteroatoms. The SMILES string of the molecule is C=C(C)c1coc2ccc(C(=O)Cc3cnccc3N3CCC[C@H](C)C3)nc12. The van der Waals surface area contributed by atoms with Crippen LogP contribution in [0.15, 0.2) is 47.9 Å². The van der Waals surface area contributed by atoms with Crippen LogP contribution < -0.4 is 4.90 Å². The van der Waals surface area contributed by atoms with E-state index in [0.717, 1.165) is 35.5 Å². The van der Waals surface area contributed by atoms with Gasteiger partial charge in [0.15, 0.2) is 11.4 Å². The quantitative estimate of drug-likeness (QED) is 0.593. The molecule has 3 aromatic rings. The van der Waals surface area contributed by atoms with E-state index < -0.39 is 0 Å². The molecular formula is C23H25N3O2. The highest BCUT2D eigenvalue weighted by atomic mass is 16.3. The smallest absolute Gasteiger partial charge is 0.185 e. The van der Waals surface area contributed by atoms with E-state index in [9.17, 15) is 4.79 Å². The second-order valence-electron chi connectivity index (χ2n) is 7.77. The van der Waals surface area contributed by atoms with Crippen molar-refractivity contribution >= 4 is 28.1 Å². The molecule has 0 saturated carbocycles. The van der Waals surface area contributed by atoms with Gasteiger partial charge in [-0.2, -0.15) is 0 Å². The third-order valence-corrected chi connectivity index (χ3v) is 5.39. The summed E-state index contributed by atoms with van der Waals surface area (Å²) in [5.74, 6) is 0.645. The first kappa shape index (κ1) is 18.4. The van der Waals surface area contributed by atoms with Crippen LogP contribution in [0, 0.1) is 5.92 Å². The summed E-state index contributed by atoms with van der Waals surface area (Å²) in [6.07, 6.45) is 7.98. The van der Waals surface area contributed by atoms with Gasteiger partial charge in [-0.25, -0.2) is 4.98 Å². The van der Waals surface area contributed by atoms with E-state index in [1.54, 1.807) is 24.6 Å². The number of nitrogens with zero attached hydrogens (tertiary/aromatic N) is 3. The van der Waals surface area contributed by atoms with E-state index in [4.69, 9.17) is 4.42 Å². The topological polar surface area (TPSA) is 59.2 Å². The summed E-state index contributed by atoms with van der Waals surface area (Å²) < 4.78 is 5.52. The van der Waals surface area contributed by atoms with Crippen LogP contribution in [0.5, 0.6) is 0 Å². The summed E-state index contributed by atoms with van der Waals surface area (Å²) in [6.45, 7) is 10.2. The van der Waals surface area contributed by atoms with Crippen LogP contribution in [0.4, 0.5) is 5.69 Å². The number of ketones is 1. The molecule has 144 valence electrons. The Morgan fingerprint density at radius 1 is 1.36 bits per heavy atom. The fraction of sp³-hybridized carbons (Fsp3) is 0.348. The van der Waals surface area contributed by atoms with Gasteiger partial charge >= 0.3 is 0 Å². The number of anilines is 1. The molecule has 0 spiro atoms. The summed E-state index contributed by atoms with van der Waals surface area (Å²) in [6, 6.07) is 5.56. The zero-order valence-corrected chi connectivity index (χ0v) is 16.4. The highest BCUT2D eigenvalue weighted by Gasteiger charge is 2.21. The first-order chi connectivity index (χ1) is 13.5. The highest BCUT2D eigenvalue weighted by Crippen LogP contribution is 2.28. The number of pyridine rings is 2. The van der Waals surface area contributed by atoms with Gasteiger partial charge in [0.05, 0.1) is 0 Å². The molecule has 0 aromatic carbocycles. The molecular weight excluding hydrogens is 350 g/mol. The normalized spacial score (nSPS) is 17.1. The molecule has 0 bridgehead atoms. The van der Waals surface area contributed by atoms with Crippen molar-refractivity contribution in [3.63, 3.8) is 0 Å². The second-order valence-corrected chi connectivity index (χ2v) is 7.77. The van der Waals surface area contributed by atoms with Gasteiger partial charge in [-0.05, 0) is 49.5 Å². The Labute approximate surface area is 165 Å². The Balaban J connectivity index is 1.61. The third kappa shape index (κ3) is 3.57. The average Bonchev–Trinajstić information content (AvgIpc) is 3.12. The van der Waals surface area contributed by atoms with E-state index in [2.05, 4.69) is 28.4 Å². The maximum absolute atomic E-state index is 13.0. The number of rotatable bonds is 5. The van der Waals surface area contributed by atoms with Crippen LogP contribution in [0.3, 0.4) is 0 Å². The van der Waals surface area contributed by atoms with Gasteiger partial charge in [-0.15, -0.1) is 0 Å². The van der Waals surface area contributed by atoms with Crippen molar-refractivity contribution in [3.8, 4) is 0 Å². The number of hydrogen-bond acceptors (Lipinski definition) is 5. The lowest BCUT2D eigenvalue weighted by atomic mass is 9.98. The summed E-state index contributed by atoms with van der Waals surface area (Å²) >= 11 is 0. The minimum Gasteiger partial charge on any atom is -0.462 e. The Hall–Kier alpha value is -2.95. The second kappa shape index (κ2) is 7.58. The summed E-state index contributed by atoms with van der Waals surface area (Å²) in [5, 5.41) is 0. The number of Topliss-reactive ketones (excluding diaryl/α,β-unsaturated/α-hetero) is 1. The van der Waals surface area contributed by atoms with Crippen molar-refractivity contribution in [2.24, 2.45) is 5.92 Å². The lowest BCUT2D eigenvalue weighted by molar-refractivity contribution is 0.0988. The predicted octanol–water partition coefficient (Wildman–Crippen LogP) is 4.92. The number of hydrogen-bond donors (Lipinski definition) is 0. The zero-order valence-electron chi connectivity index (χ0n) is 16.4. The van der Waals surface area contributed by atoms with Crippen molar-refractivity contribution in [1.29, 1.82) is 0 Å². The molecule has 5 nitrogen and oxygen atoms in total. The highest BCUT2D eigenvalue weighted by molar-refractivity contribution is 5.99. The fourth-order valence-corrected chi connectivity index (χ4v) is 3.91. The number of carbonyl (C=O) groups is 1. The molecule has 1 atom stereocenters. The van der Waals surface area contributed by atoms with E-state index in [0.29, 0.717) is 22.7 Å². The van der Waals surface area contributed by atoms with Crippen molar-refractivity contribution < 1.29 is 9.21 Å². The van der Waals surface area contributed by atoms with Crippen LogP contribution in [-0.2, 0) is 6.42 Å². The molecule has 0 unspecified atom stereocenters. The Bertz CT molecular complexity index is 1040. The van der Waals surface area contributed by atoms with Gasteiger partial charge in [0.25, 0.3) is 0 Å². The molecule has 4 rings (SSSR count). The van der Waals surface area contributed by atoms with Crippen molar-refractivity contribution in [1.82, 2.24) is 9.97 Å². The molecule has 0 N–H and O–H groups in total. The van der Waals surface area contributed by atoms with E-state index in [1.165, 1.54) is 12.8 Å². The van der Waals surface area contributed by atoms with Gasteiger partial charge in [-0.3, -0.25) is 9.78 Å². The maximum Gasteiger partial charge on any atom is 0.185 e. The first-order valence-electron chi connectivity index (χ1n) is 9.78. The molecule has 0 aliphatic carbocycles. The van der Waals surface area contributed by atoms with E-state index in [-0.39, 0.29) is 12.2 Å². The van der Waals surface area contributed by atoms with Crippen LogP contribution >= 0.6 is 0 Å². The number of piperidine rings is 1. The maximum atomic E-state index is 13.0. The minimum atomic E-state index is -0.0185. The fourth-order valence-electron chi connectivity index (χ4n) is 3.91. The summed E-state index contributed by atoms with van der Waals surface area (Å²) in [4.78, 5) is 24.2. The Morgan fingerprint density at radius 2 is 2.21 bits per heavy atom. The predicted molar refractivity (Wildman–Crippen MR) is 112 cm³/mol. The molecule has 1 fully saturated rings. The largest absolute Gasteiger partial charge is 0.462 e. The summed E-state index contributed by atoms with van der Waals surface area (Å²) in [5.41, 5.74) is 5.57. The number of aromatic nitrogens is 2.